The van der Waals surface area contributed by atoms with E-state index in [4.69, 9.17) is 16.3 Å². The van der Waals surface area contributed by atoms with Crippen LogP contribution in [-0.4, -0.2) is 4.98 Å². The maximum absolute atomic E-state index is 5.94. The molecule has 0 aliphatic rings. The monoisotopic (exact) mass is 333 g/mol. The van der Waals surface area contributed by atoms with Gasteiger partial charge in [0.25, 0.3) is 0 Å². The molecule has 0 unspecified atom stereocenters. The molecule has 1 heterocycles. The van der Waals surface area contributed by atoms with Crippen LogP contribution in [0.1, 0.15) is 11.3 Å². The van der Waals surface area contributed by atoms with Gasteiger partial charge in [0.05, 0.1) is 0 Å². The van der Waals surface area contributed by atoms with E-state index in [9.17, 15) is 0 Å². The lowest BCUT2D eigenvalue weighted by Crippen LogP contribution is -1.87. The van der Waals surface area contributed by atoms with E-state index < -0.39 is 0 Å². The van der Waals surface area contributed by atoms with Crippen LogP contribution in [0, 0.1) is 0 Å². The highest BCUT2D eigenvalue weighted by Gasteiger charge is 2.05. The number of H-pyrrole nitrogens is 1. The number of halogens is 1. The van der Waals surface area contributed by atoms with Crippen molar-refractivity contribution in [2.24, 2.45) is 0 Å². The summed E-state index contributed by atoms with van der Waals surface area (Å²) in [4.78, 5) is 3.46. The second-order valence-corrected chi connectivity index (χ2v) is 6.20. The smallest absolute Gasteiger partial charge is 0.128 e. The SMILES string of the molecule is Clc1ccc(Cc2cc3cc(Oc4ccccc4)ccc3[nH]2)cc1. The summed E-state index contributed by atoms with van der Waals surface area (Å²) in [7, 11) is 0. The minimum Gasteiger partial charge on any atom is -0.457 e. The molecule has 3 heteroatoms. The molecule has 0 amide bonds. The Labute approximate surface area is 145 Å². The Morgan fingerprint density at radius 2 is 1.58 bits per heavy atom. The van der Waals surface area contributed by atoms with Gasteiger partial charge in [0.2, 0.25) is 0 Å². The molecular formula is C21H16ClNO. The molecule has 3 aromatic carbocycles. The van der Waals surface area contributed by atoms with Crippen molar-refractivity contribution in [3.8, 4) is 11.5 Å². The van der Waals surface area contributed by atoms with E-state index in [1.807, 2.05) is 48.5 Å². The van der Waals surface area contributed by atoms with Gasteiger partial charge in [0.1, 0.15) is 11.5 Å². The van der Waals surface area contributed by atoms with Gasteiger partial charge in [-0.15, -0.1) is 0 Å². The molecule has 0 saturated carbocycles. The largest absolute Gasteiger partial charge is 0.457 e. The fourth-order valence-corrected chi connectivity index (χ4v) is 2.90. The lowest BCUT2D eigenvalue weighted by molar-refractivity contribution is 0.483. The fraction of sp³-hybridized carbons (Fsp3) is 0.0476. The first-order valence-electron chi connectivity index (χ1n) is 7.85. The van der Waals surface area contributed by atoms with Crippen LogP contribution >= 0.6 is 11.6 Å². The molecule has 2 nitrogen and oxygen atoms in total. The highest BCUT2D eigenvalue weighted by molar-refractivity contribution is 6.30. The van der Waals surface area contributed by atoms with E-state index in [2.05, 4.69) is 35.3 Å². The van der Waals surface area contributed by atoms with Crippen LogP contribution in [0.25, 0.3) is 10.9 Å². The van der Waals surface area contributed by atoms with Gasteiger partial charge in [-0.2, -0.15) is 0 Å². The first-order valence-corrected chi connectivity index (χ1v) is 8.23. The topological polar surface area (TPSA) is 25.0 Å². The molecule has 0 fully saturated rings. The molecule has 24 heavy (non-hydrogen) atoms. The molecule has 0 radical (unpaired) electrons. The zero-order valence-electron chi connectivity index (χ0n) is 13.0. The Bertz CT molecular complexity index is 958. The second kappa shape index (κ2) is 6.42. The average Bonchev–Trinajstić information content (AvgIpc) is 2.99. The van der Waals surface area contributed by atoms with Gasteiger partial charge in [0.15, 0.2) is 0 Å². The first-order chi connectivity index (χ1) is 11.8. The summed E-state index contributed by atoms with van der Waals surface area (Å²) in [5.41, 5.74) is 3.51. The molecular weight excluding hydrogens is 318 g/mol. The van der Waals surface area contributed by atoms with Crippen molar-refractivity contribution in [2.75, 3.05) is 0 Å². The lowest BCUT2D eigenvalue weighted by Gasteiger charge is -2.04. The van der Waals surface area contributed by atoms with Gasteiger partial charge >= 0.3 is 0 Å². The zero-order chi connectivity index (χ0) is 16.4. The number of hydrogen-bond acceptors (Lipinski definition) is 1. The Morgan fingerprint density at radius 3 is 2.38 bits per heavy atom. The van der Waals surface area contributed by atoms with Crippen LogP contribution in [0.3, 0.4) is 0 Å². The minimum atomic E-state index is 0.762. The molecule has 1 aromatic heterocycles. The number of para-hydroxylation sites is 1. The van der Waals surface area contributed by atoms with Crippen molar-refractivity contribution in [1.82, 2.24) is 4.98 Å². The van der Waals surface area contributed by atoms with E-state index in [0.717, 1.165) is 33.8 Å². The Kier molecular flexibility index (Phi) is 3.97. The van der Waals surface area contributed by atoms with Crippen molar-refractivity contribution in [1.29, 1.82) is 0 Å². The summed E-state index contributed by atoms with van der Waals surface area (Å²) in [6.45, 7) is 0. The van der Waals surface area contributed by atoms with Gasteiger partial charge in [-0.3, -0.25) is 0 Å². The van der Waals surface area contributed by atoms with Gasteiger partial charge in [-0.25, -0.2) is 0 Å². The van der Waals surface area contributed by atoms with Crippen LogP contribution < -0.4 is 4.74 Å². The summed E-state index contributed by atoms with van der Waals surface area (Å²) in [5.74, 6) is 1.68. The summed E-state index contributed by atoms with van der Waals surface area (Å²) in [5, 5.41) is 1.91. The molecule has 0 spiro atoms. The molecule has 118 valence electrons. The van der Waals surface area contributed by atoms with Crippen LogP contribution in [-0.2, 0) is 6.42 Å². The highest BCUT2D eigenvalue weighted by Crippen LogP contribution is 2.26. The normalized spacial score (nSPS) is 10.9. The third-order valence-electron chi connectivity index (χ3n) is 3.93. The Morgan fingerprint density at radius 1 is 0.792 bits per heavy atom. The van der Waals surface area contributed by atoms with Crippen LogP contribution in [0.15, 0.2) is 78.9 Å². The maximum atomic E-state index is 5.94. The highest BCUT2D eigenvalue weighted by atomic mass is 35.5. The molecule has 4 aromatic rings. The quantitative estimate of drug-likeness (QED) is 0.472. The molecule has 0 aliphatic heterocycles. The van der Waals surface area contributed by atoms with E-state index in [1.54, 1.807) is 0 Å². The molecule has 0 bridgehead atoms. The number of hydrogen-bond donors (Lipinski definition) is 1. The van der Waals surface area contributed by atoms with Crippen molar-refractivity contribution in [3.63, 3.8) is 0 Å². The number of ether oxygens (including phenoxy) is 1. The fourth-order valence-electron chi connectivity index (χ4n) is 2.78. The number of aromatic nitrogens is 1. The number of fused-ring (bicyclic) bond motifs is 1. The van der Waals surface area contributed by atoms with E-state index in [0.29, 0.717) is 0 Å². The Balaban J connectivity index is 1.58. The predicted molar refractivity (Wildman–Crippen MR) is 99.1 cm³/mol. The van der Waals surface area contributed by atoms with Crippen molar-refractivity contribution in [3.05, 3.63) is 95.1 Å². The van der Waals surface area contributed by atoms with Crippen molar-refractivity contribution < 1.29 is 4.74 Å². The van der Waals surface area contributed by atoms with Gasteiger partial charge in [-0.05, 0) is 54.1 Å². The zero-order valence-corrected chi connectivity index (χ0v) is 13.8. The van der Waals surface area contributed by atoms with Crippen molar-refractivity contribution in [2.45, 2.75) is 6.42 Å². The van der Waals surface area contributed by atoms with Crippen LogP contribution in [0.2, 0.25) is 5.02 Å². The average molecular weight is 334 g/mol. The van der Waals surface area contributed by atoms with Crippen LogP contribution in [0.5, 0.6) is 11.5 Å². The predicted octanol–water partition coefficient (Wildman–Crippen LogP) is 6.20. The third kappa shape index (κ3) is 3.29. The Hall–Kier alpha value is -2.71. The van der Waals surface area contributed by atoms with Crippen molar-refractivity contribution >= 4 is 22.5 Å². The summed E-state index contributed by atoms with van der Waals surface area (Å²) >= 11 is 5.94. The molecule has 4 rings (SSSR count). The van der Waals surface area contributed by atoms with Gasteiger partial charge < -0.3 is 9.72 Å². The third-order valence-corrected chi connectivity index (χ3v) is 4.19. The van der Waals surface area contributed by atoms with E-state index in [-0.39, 0.29) is 0 Å². The molecule has 1 N–H and O–H groups in total. The number of rotatable bonds is 4. The number of nitrogens with one attached hydrogen (secondary N) is 1. The van der Waals surface area contributed by atoms with E-state index in [1.165, 1.54) is 11.3 Å². The standard InChI is InChI=1S/C21H16ClNO/c22-17-8-6-15(7-9-17)12-18-13-16-14-20(10-11-21(16)23-18)24-19-4-2-1-3-5-19/h1-11,13-14,23H,12H2. The van der Waals surface area contributed by atoms with Gasteiger partial charge in [-0.1, -0.05) is 41.9 Å². The number of benzene rings is 3. The minimum absolute atomic E-state index is 0.762. The second-order valence-electron chi connectivity index (χ2n) is 5.76. The summed E-state index contributed by atoms with van der Waals surface area (Å²) < 4.78 is 5.90. The van der Waals surface area contributed by atoms with Crippen LogP contribution in [0.4, 0.5) is 0 Å². The summed E-state index contributed by atoms with van der Waals surface area (Å²) in [6.07, 6.45) is 0.848. The van der Waals surface area contributed by atoms with Gasteiger partial charge in [0, 0.05) is 28.0 Å². The maximum Gasteiger partial charge on any atom is 0.128 e. The molecule has 0 atom stereocenters. The lowest BCUT2D eigenvalue weighted by atomic mass is 10.1. The summed E-state index contributed by atoms with van der Waals surface area (Å²) in [6, 6.07) is 26.0. The molecule has 0 saturated heterocycles. The molecule has 0 aliphatic carbocycles. The first kappa shape index (κ1) is 14.9. The van der Waals surface area contributed by atoms with E-state index >= 15 is 0 Å². The number of aromatic amines is 1.